The summed E-state index contributed by atoms with van der Waals surface area (Å²) in [4.78, 5) is 11.8. The molecule has 3 aliphatic rings. The minimum Gasteiger partial charge on any atom is -0.444 e. The van der Waals surface area contributed by atoms with Crippen LogP contribution in [0.15, 0.2) is 0 Å². The summed E-state index contributed by atoms with van der Waals surface area (Å²) in [5.74, 6) is 0.891. The third-order valence-corrected chi connectivity index (χ3v) is 4.47. The second-order valence-corrected chi connectivity index (χ2v) is 7.08. The highest BCUT2D eigenvalue weighted by atomic mass is 16.6. The van der Waals surface area contributed by atoms with Crippen LogP contribution in [0, 0.1) is 11.8 Å². The first kappa shape index (κ1) is 13.2. The smallest absolute Gasteiger partial charge is 0.407 e. The van der Waals surface area contributed by atoms with Crippen molar-refractivity contribution in [3.8, 4) is 0 Å². The number of ether oxygens (including phenoxy) is 2. The number of fused-ring (bicyclic) bond motifs is 5. The molecule has 0 spiro atoms. The molecule has 5 nitrogen and oxygen atoms in total. The van der Waals surface area contributed by atoms with E-state index in [1.54, 1.807) is 0 Å². The normalized spacial score (nSPS) is 44.2. The summed E-state index contributed by atoms with van der Waals surface area (Å²) in [6, 6.07) is 0.157. The van der Waals surface area contributed by atoms with Gasteiger partial charge in [-0.2, -0.15) is 0 Å². The van der Waals surface area contributed by atoms with Gasteiger partial charge in [0.25, 0.3) is 0 Å². The van der Waals surface area contributed by atoms with Crippen molar-refractivity contribution in [1.82, 2.24) is 5.32 Å². The zero-order chi connectivity index (χ0) is 13.8. The lowest BCUT2D eigenvalue weighted by Crippen LogP contribution is -2.38. The summed E-state index contributed by atoms with van der Waals surface area (Å²) in [5.41, 5.74) is -0.461. The van der Waals surface area contributed by atoms with Crippen LogP contribution in [-0.2, 0) is 9.47 Å². The first-order chi connectivity index (χ1) is 8.83. The number of amides is 1. The molecular formula is C14H23NO4. The number of nitrogens with one attached hydrogen (secondary N) is 1. The van der Waals surface area contributed by atoms with Crippen molar-refractivity contribution in [1.29, 1.82) is 0 Å². The van der Waals surface area contributed by atoms with Crippen LogP contribution >= 0.6 is 0 Å². The van der Waals surface area contributed by atoms with Crippen molar-refractivity contribution >= 4 is 6.09 Å². The molecule has 3 fully saturated rings. The average Bonchev–Trinajstić information content (AvgIpc) is 2.84. The van der Waals surface area contributed by atoms with Gasteiger partial charge in [0.15, 0.2) is 0 Å². The Hall–Kier alpha value is -0.810. The van der Waals surface area contributed by atoms with Gasteiger partial charge in [0, 0.05) is 12.5 Å². The molecule has 1 aliphatic carbocycles. The molecule has 2 N–H and O–H groups in total. The number of rotatable bonds is 1. The summed E-state index contributed by atoms with van der Waals surface area (Å²) in [5, 5.41) is 12.8. The SMILES string of the molecule is CC(C)(C)OC(=O)NC1CC2C3CC(O)C(O3)C2C1. The van der Waals surface area contributed by atoms with E-state index in [9.17, 15) is 9.90 Å². The van der Waals surface area contributed by atoms with Crippen molar-refractivity contribution < 1.29 is 19.4 Å². The molecule has 1 saturated carbocycles. The highest BCUT2D eigenvalue weighted by Gasteiger charge is 2.57. The molecule has 0 aromatic rings. The van der Waals surface area contributed by atoms with Crippen LogP contribution in [0.5, 0.6) is 0 Å². The van der Waals surface area contributed by atoms with Crippen LogP contribution < -0.4 is 5.32 Å². The highest BCUT2D eigenvalue weighted by Crippen LogP contribution is 2.51. The monoisotopic (exact) mass is 269 g/mol. The summed E-state index contributed by atoms with van der Waals surface area (Å²) in [6.07, 6.45) is 2.11. The van der Waals surface area contributed by atoms with Gasteiger partial charge >= 0.3 is 6.09 Å². The first-order valence-electron chi connectivity index (χ1n) is 7.16. The fourth-order valence-electron chi connectivity index (χ4n) is 3.88. The van der Waals surface area contributed by atoms with E-state index >= 15 is 0 Å². The zero-order valence-electron chi connectivity index (χ0n) is 11.8. The Kier molecular flexibility index (Phi) is 3.02. The summed E-state index contributed by atoms with van der Waals surface area (Å²) >= 11 is 0. The molecule has 6 atom stereocenters. The lowest BCUT2D eigenvalue weighted by molar-refractivity contribution is 0.0278. The lowest BCUT2D eigenvalue weighted by atomic mass is 9.80. The minimum absolute atomic E-state index is 0.0135. The maximum Gasteiger partial charge on any atom is 0.407 e. The molecule has 2 aliphatic heterocycles. The third-order valence-electron chi connectivity index (χ3n) is 4.47. The van der Waals surface area contributed by atoms with Gasteiger partial charge in [0.2, 0.25) is 0 Å². The fraction of sp³-hybridized carbons (Fsp3) is 0.929. The van der Waals surface area contributed by atoms with Gasteiger partial charge in [-0.25, -0.2) is 4.79 Å². The number of carbonyl (C=O) groups is 1. The molecule has 6 unspecified atom stereocenters. The average molecular weight is 269 g/mol. The molecular weight excluding hydrogens is 246 g/mol. The predicted molar refractivity (Wildman–Crippen MR) is 68.7 cm³/mol. The molecule has 108 valence electrons. The molecule has 1 amide bonds. The van der Waals surface area contributed by atoms with Crippen molar-refractivity contribution in [2.75, 3.05) is 0 Å². The third kappa shape index (κ3) is 2.46. The molecule has 2 heterocycles. The van der Waals surface area contributed by atoms with Crippen LogP contribution in [0.3, 0.4) is 0 Å². The number of alkyl carbamates (subject to hydrolysis) is 1. The van der Waals surface area contributed by atoms with Gasteiger partial charge in [-0.15, -0.1) is 0 Å². The van der Waals surface area contributed by atoms with Gasteiger partial charge in [-0.05, 0) is 45.4 Å². The van der Waals surface area contributed by atoms with E-state index in [1.807, 2.05) is 20.8 Å². The van der Waals surface area contributed by atoms with Crippen molar-refractivity contribution in [3.05, 3.63) is 0 Å². The number of aliphatic hydroxyl groups excluding tert-OH is 1. The Morgan fingerprint density at radius 1 is 1.26 bits per heavy atom. The van der Waals surface area contributed by atoms with E-state index in [0.29, 0.717) is 11.8 Å². The van der Waals surface area contributed by atoms with Crippen molar-refractivity contribution in [2.45, 2.75) is 70.0 Å². The summed E-state index contributed by atoms with van der Waals surface area (Å²) in [6.45, 7) is 5.58. The van der Waals surface area contributed by atoms with Crippen LogP contribution in [0.2, 0.25) is 0 Å². The maximum atomic E-state index is 11.8. The molecule has 2 bridgehead atoms. The number of aliphatic hydroxyl groups is 1. The van der Waals surface area contributed by atoms with Gasteiger partial charge in [0.05, 0.1) is 18.3 Å². The first-order valence-corrected chi connectivity index (χ1v) is 7.16. The maximum absolute atomic E-state index is 11.8. The van der Waals surface area contributed by atoms with Gasteiger partial charge in [-0.3, -0.25) is 0 Å². The Balaban J connectivity index is 1.55. The van der Waals surface area contributed by atoms with Crippen molar-refractivity contribution in [3.63, 3.8) is 0 Å². The second-order valence-electron chi connectivity index (χ2n) is 7.08. The van der Waals surface area contributed by atoms with Crippen LogP contribution in [0.1, 0.15) is 40.0 Å². The van der Waals surface area contributed by atoms with E-state index in [1.165, 1.54) is 0 Å². The fourth-order valence-corrected chi connectivity index (χ4v) is 3.88. The van der Waals surface area contributed by atoms with Gasteiger partial charge < -0.3 is 19.9 Å². The van der Waals surface area contributed by atoms with Crippen LogP contribution in [0.4, 0.5) is 4.79 Å². The Bertz CT molecular complexity index is 378. The molecule has 5 heteroatoms. The molecule has 0 aromatic carbocycles. The van der Waals surface area contributed by atoms with E-state index < -0.39 is 5.60 Å². The second kappa shape index (κ2) is 4.35. The summed E-state index contributed by atoms with van der Waals surface area (Å²) < 4.78 is 11.1. The number of carbonyl (C=O) groups excluding carboxylic acids is 1. The Morgan fingerprint density at radius 3 is 2.63 bits per heavy atom. The Labute approximate surface area is 113 Å². The zero-order valence-corrected chi connectivity index (χ0v) is 11.8. The lowest BCUT2D eigenvalue weighted by Gasteiger charge is -2.23. The van der Waals surface area contributed by atoms with Gasteiger partial charge in [-0.1, -0.05) is 0 Å². The van der Waals surface area contributed by atoms with Gasteiger partial charge in [0.1, 0.15) is 5.60 Å². The molecule has 3 rings (SSSR count). The quantitative estimate of drug-likeness (QED) is 0.756. The highest BCUT2D eigenvalue weighted by molar-refractivity contribution is 5.68. The largest absolute Gasteiger partial charge is 0.444 e. The molecule has 19 heavy (non-hydrogen) atoms. The topological polar surface area (TPSA) is 67.8 Å². The minimum atomic E-state index is -0.461. The van der Waals surface area contributed by atoms with Crippen LogP contribution in [0.25, 0.3) is 0 Å². The van der Waals surface area contributed by atoms with E-state index in [2.05, 4.69) is 5.32 Å². The predicted octanol–water partition coefficient (Wildman–Crippen LogP) is 1.44. The molecule has 0 aromatic heterocycles. The van der Waals surface area contributed by atoms with E-state index in [4.69, 9.17) is 9.47 Å². The standard InChI is InChI=1S/C14H23NO4/c1-14(2,3)19-13(17)15-7-4-8-9(5-7)12-10(16)6-11(8)18-12/h7-12,16H,4-6H2,1-3H3,(H,15,17). The Morgan fingerprint density at radius 2 is 1.95 bits per heavy atom. The van der Waals surface area contributed by atoms with Crippen LogP contribution in [-0.4, -0.2) is 41.2 Å². The van der Waals surface area contributed by atoms with E-state index in [0.717, 1.165) is 19.3 Å². The number of hydrogen-bond acceptors (Lipinski definition) is 4. The molecule has 0 radical (unpaired) electrons. The summed E-state index contributed by atoms with van der Waals surface area (Å²) in [7, 11) is 0. The number of hydrogen-bond donors (Lipinski definition) is 2. The van der Waals surface area contributed by atoms with E-state index in [-0.39, 0.29) is 30.4 Å². The van der Waals surface area contributed by atoms with Crippen molar-refractivity contribution in [2.24, 2.45) is 11.8 Å². The molecule has 2 saturated heterocycles.